The van der Waals surface area contributed by atoms with Crippen LogP contribution in [0.1, 0.15) is 40.2 Å². The zero-order chi connectivity index (χ0) is 23.4. The van der Waals surface area contributed by atoms with Crippen LogP contribution in [0, 0.1) is 5.92 Å². The monoisotopic (exact) mass is 461 g/mol. The predicted molar refractivity (Wildman–Crippen MR) is 114 cm³/mol. The Balaban J connectivity index is 1.55. The number of amides is 1. The zero-order valence-electron chi connectivity index (χ0n) is 17.8. The van der Waals surface area contributed by atoms with E-state index in [9.17, 15) is 18.4 Å². The van der Waals surface area contributed by atoms with Crippen LogP contribution < -0.4 is 5.06 Å². The van der Waals surface area contributed by atoms with Crippen LogP contribution in [-0.2, 0) is 9.57 Å². The zero-order valence-corrected chi connectivity index (χ0v) is 17.8. The highest BCUT2D eigenvalue weighted by Gasteiger charge is 2.39. The van der Waals surface area contributed by atoms with Crippen molar-refractivity contribution in [2.24, 2.45) is 5.92 Å². The predicted octanol–water partition coefficient (Wildman–Crippen LogP) is 3.45. The van der Waals surface area contributed by atoms with E-state index in [0.29, 0.717) is 24.6 Å². The molecule has 176 valence electrons. The number of carbonyl (C=O) groups excluding carboxylic acids is 1. The molecule has 1 aliphatic heterocycles. The number of hydrogen-bond acceptors (Lipinski definition) is 6. The molecule has 2 aromatic rings. The summed E-state index contributed by atoms with van der Waals surface area (Å²) in [7, 11) is 0. The number of ether oxygens (including phenoxy) is 1. The summed E-state index contributed by atoms with van der Waals surface area (Å²) < 4.78 is 32.7. The Kier molecular flexibility index (Phi) is 7.14. The van der Waals surface area contributed by atoms with Gasteiger partial charge in [-0.2, -0.15) is 8.78 Å². The summed E-state index contributed by atoms with van der Waals surface area (Å²) >= 11 is 0. The van der Waals surface area contributed by atoms with Crippen molar-refractivity contribution in [3.8, 4) is 0 Å². The minimum absolute atomic E-state index is 0.0121. The lowest BCUT2D eigenvalue weighted by Gasteiger charge is -2.43. The highest BCUT2D eigenvalue weighted by Crippen LogP contribution is 2.32. The molecule has 2 heterocycles. The fourth-order valence-corrected chi connectivity index (χ4v) is 3.89. The van der Waals surface area contributed by atoms with Gasteiger partial charge in [0.2, 0.25) is 0 Å². The Morgan fingerprint density at radius 2 is 1.82 bits per heavy atom. The van der Waals surface area contributed by atoms with Gasteiger partial charge in [0.15, 0.2) is 0 Å². The van der Waals surface area contributed by atoms with Gasteiger partial charge in [-0.3, -0.25) is 4.79 Å². The molecule has 1 aromatic carbocycles. The van der Waals surface area contributed by atoms with Crippen LogP contribution in [0.4, 0.5) is 14.5 Å². The van der Waals surface area contributed by atoms with Gasteiger partial charge in [0, 0.05) is 19.7 Å². The van der Waals surface area contributed by atoms with E-state index in [1.165, 1.54) is 28.2 Å². The van der Waals surface area contributed by atoms with E-state index in [0.717, 1.165) is 12.8 Å². The van der Waals surface area contributed by atoms with Gasteiger partial charge in [0.1, 0.15) is 11.4 Å². The lowest BCUT2D eigenvalue weighted by atomic mass is 10.00. The number of halogens is 2. The maximum atomic E-state index is 13.3. The lowest BCUT2D eigenvalue weighted by Crippen LogP contribution is -2.57. The second-order valence-corrected chi connectivity index (χ2v) is 8.16. The number of benzene rings is 1. The van der Waals surface area contributed by atoms with Crippen LogP contribution in [0.3, 0.4) is 0 Å². The molecule has 0 radical (unpaired) electrons. The Labute approximate surface area is 189 Å². The third kappa shape index (κ3) is 5.82. The number of likely N-dealkylation sites (tertiary alicyclic amines) is 1. The molecule has 1 amide bonds. The number of carboxylic acid groups (broad SMARTS) is 1. The number of alkyl halides is 2. The number of carboxylic acids is 1. The largest absolute Gasteiger partial charge is 0.477 e. The molecule has 2 aliphatic rings. The number of hydrogen-bond donors (Lipinski definition) is 1. The topological polar surface area (TPSA) is 92.2 Å². The van der Waals surface area contributed by atoms with Gasteiger partial charge in [-0.15, -0.1) is 0 Å². The number of pyridine rings is 1. The molecule has 1 aliphatic carbocycles. The number of piperidine rings is 1. The standard InChI is InChI=1S/C23H25F2N3O5/c24-23(25)33-28(16-5-2-1-3-6-16)19-11-12-27(13-20(19)32-14-15-9-10-15)21(29)17-7-4-8-18(26-17)22(30)31/h1-8,15,19-20,23H,9-14H2,(H,30,31)/t19-,20-/m0/s1. The van der Waals surface area contributed by atoms with Gasteiger partial charge in [-0.25, -0.2) is 19.7 Å². The Hall–Kier alpha value is -3.11. The van der Waals surface area contributed by atoms with Crippen LogP contribution in [-0.4, -0.2) is 65.3 Å². The number of carbonyl (C=O) groups is 2. The van der Waals surface area contributed by atoms with Gasteiger partial charge in [-0.1, -0.05) is 24.3 Å². The van der Waals surface area contributed by atoms with Gasteiger partial charge in [0.05, 0.1) is 17.8 Å². The number of nitrogens with zero attached hydrogens (tertiary/aromatic N) is 3. The first-order valence-electron chi connectivity index (χ1n) is 10.8. The van der Waals surface area contributed by atoms with Crippen molar-refractivity contribution < 1.29 is 33.1 Å². The van der Waals surface area contributed by atoms with E-state index in [-0.39, 0.29) is 24.5 Å². The maximum Gasteiger partial charge on any atom is 0.364 e. The van der Waals surface area contributed by atoms with E-state index in [1.807, 2.05) is 0 Å². The minimum Gasteiger partial charge on any atom is -0.477 e. The van der Waals surface area contributed by atoms with Crippen molar-refractivity contribution in [1.29, 1.82) is 0 Å². The smallest absolute Gasteiger partial charge is 0.364 e. The first kappa shape index (κ1) is 23.1. The van der Waals surface area contributed by atoms with E-state index < -0.39 is 30.6 Å². The summed E-state index contributed by atoms with van der Waals surface area (Å²) in [4.78, 5) is 34.6. The van der Waals surface area contributed by atoms with Gasteiger partial charge >= 0.3 is 12.6 Å². The fraction of sp³-hybridized carbons (Fsp3) is 0.435. The Bertz CT molecular complexity index is 974. The molecule has 33 heavy (non-hydrogen) atoms. The molecule has 0 unspecified atom stereocenters. The molecule has 1 aromatic heterocycles. The molecule has 0 spiro atoms. The summed E-state index contributed by atoms with van der Waals surface area (Å²) in [5.41, 5.74) is 0.259. The first-order chi connectivity index (χ1) is 15.9. The minimum atomic E-state index is -3.02. The molecule has 4 rings (SSSR count). The molecular formula is C23H25F2N3O5. The number of anilines is 1. The molecule has 1 saturated carbocycles. The van der Waals surface area contributed by atoms with E-state index in [2.05, 4.69) is 4.98 Å². The normalized spacial score (nSPS) is 20.6. The molecule has 1 saturated heterocycles. The van der Waals surface area contributed by atoms with Crippen LogP contribution in [0.5, 0.6) is 0 Å². The Morgan fingerprint density at radius 1 is 1.09 bits per heavy atom. The number of para-hydroxylation sites is 1. The van der Waals surface area contributed by atoms with Crippen molar-refractivity contribution in [3.63, 3.8) is 0 Å². The number of aromatic carboxylic acids is 1. The van der Waals surface area contributed by atoms with Crippen LogP contribution in [0.15, 0.2) is 48.5 Å². The highest BCUT2D eigenvalue weighted by molar-refractivity contribution is 5.94. The number of hydroxylamine groups is 1. The van der Waals surface area contributed by atoms with Crippen molar-refractivity contribution in [2.75, 3.05) is 24.8 Å². The van der Waals surface area contributed by atoms with E-state index in [1.54, 1.807) is 30.3 Å². The van der Waals surface area contributed by atoms with Crippen molar-refractivity contribution in [2.45, 2.75) is 38.0 Å². The van der Waals surface area contributed by atoms with Gasteiger partial charge in [0.25, 0.3) is 5.91 Å². The summed E-state index contributed by atoms with van der Waals surface area (Å²) in [6.45, 7) is -2.14. The third-order valence-corrected chi connectivity index (χ3v) is 5.75. The maximum absolute atomic E-state index is 13.3. The summed E-state index contributed by atoms with van der Waals surface area (Å²) in [6, 6.07) is 12.3. The van der Waals surface area contributed by atoms with Crippen LogP contribution in [0.25, 0.3) is 0 Å². The third-order valence-electron chi connectivity index (χ3n) is 5.75. The van der Waals surface area contributed by atoms with Crippen LogP contribution >= 0.6 is 0 Å². The lowest BCUT2D eigenvalue weighted by molar-refractivity contribution is -0.159. The second kappa shape index (κ2) is 10.2. The Morgan fingerprint density at radius 3 is 2.48 bits per heavy atom. The van der Waals surface area contributed by atoms with Gasteiger partial charge in [-0.05, 0) is 49.4 Å². The molecule has 2 atom stereocenters. The molecule has 0 bridgehead atoms. The van der Waals surface area contributed by atoms with Crippen molar-refractivity contribution >= 4 is 17.6 Å². The average molecular weight is 461 g/mol. The van der Waals surface area contributed by atoms with Crippen molar-refractivity contribution in [1.82, 2.24) is 9.88 Å². The average Bonchev–Trinajstić information content (AvgIpc) is 3.66. The highest BCUT2D eigenvalue weighted by atomic mass is 19.3. The first-order valence-corrected chi connectivity index (χ1v) is 10.8. The van der Waals surface area contributed by atoms with E-state index in [4.69, 9.17) is 14.7 Å². The van der Waals surface area contributed by atoms with Crippen molar-refractivity contribution in [3.05, 3.63) is 59.9 Å². The second-order valence-electron chi connectivity index (χ2n) is 8.16. The van der Waals surface area contributed by atoms with Crippen LogP contribution in [0.2, 0.25) is 0 Å². The summed E-state index contributed by atoms with van der Waals surface area (Å²) in [5, 5.41) is 10.3. The molecule has 10 heteroatoms. The van der Waals surface area contributed by atoms with Gasteiger partial charge < -0.3 is 14.7 Å². The molecule has 8 nitrogen and oxygen atoms in total. The number of aromatic nitrogens is 1. The quantitative estimate of drug-likeness (QED) is 0.572. The fourth-order valence-electron chi connectivity index (χ4n) is 3.89. The number of rotatable bonds is 9. The molecule has 1 N–H and O–H groups in total. The SMILES string of the molecule is O=C(O)c1cccc(C(=O)N2CC[C@H](N(OC(F)F)c3ccccc3)[C@@H](OCC3CC3)C2)n1. The molecule has 2 fully saturated rings. The van der Waals surface area contributed by atoms with E-state index >= 15 is 0 Å². The molecular weight excluding hydrogens is 436 g/mol. The summed E-state index contributed by atoms with van der Waals surface area (Å²) in [5.74, 6) is -1.22. The summed E-state index contributed by atoms with van der Waals surface area (Å²) in [6.07, 6.45) is 1.86.